The zero-order valence-electron chi connectivity index (χ0n) is 8.78. The minimum atomic E-state index is 0.493. The lowest BCUT2D eigenvalue weighted by atomic mass is 9.98. The van der Waals surface area contributed by atoms with E-state index in [9.17, 15) is 0 Å². The van der Waals surface area contributed by atoms with E-state index in [0.29, 0.717) is 24.0 Å². The zero-order valence-corrected chi connectivity index (χ0v) is 8.78. The van der Waals surface area contributed by atoms with Crippen molar-refractivity contribution in [2.75, 3.05) is 0 Å². The Bertz CT molecular complexity index is 155. The molecule has 0 fully saturated rings. The van der Waals surface area contributed by atoms with E-state index in [1.807, 2.05) is 6.34 Å². The predicted molar refractivity (Wildman–Crippen MR) is 53.6 cm³/mol. The van der Waals surface area contributed by atoms with Crippen molar-refractivity contribution in [3.05, 3.63) is 0 Å². The highest BCUT2D eigenvalue weighted by atomic mass is 15.3. The summed E-state index contributed by atoms with van der Waals surface area (Å²) in [5.74, 6) is 0.653. The first-order valence-electron chi connectivity index (χ1n) is 4.84. The predicted octanol–water partition coefficient (Wildman–Crippen LogP) is 2.15. The summed E-state index contributed by atoms with van der Waals surface area (Å²) in [5, 5.41) is 0. The van der Waals surface area contributed by atoms with Crippen LogP contribution >= 0.6 is 0 Å². The summed E-state index contributed by atoms with van der Waals surface area (Å²) in [6, 6.07) is 1.64. The Balaban J connectivity index is 2.62. The van der Waals surface area contributed by atoms with Crippen LogP contribution in [-0.4, -0.2) is 29.4 Å². The van der Waals surface area contributed by atoms with Crippen LogP contribution in [0.2, 0.25) is 0 Å². The van der Waals surface area contributed by atoms with Crippen molar-refractivity contribution < 1.29 is 0 Å². The first-order chi connectivity index (χ1) is 5.54. The molecule has 0 radical (unpaired) electrons. The third-order valence-corrected chi connectivity index (χ3v) is 2.62. The third-order valence-electron chi connectivity index (χ3n) is 2.62. The van der Waals surface area contributed by atoms with Gasteiger partial charge in [-0.3, -0.25) is 4.99 Å². The van der Waals surface area contributed by atoms with Crippen molar-refractivity contribution in [2.24, 2.45) is 10.9 Å². The summed E-state index contributed by atoms with van der Waals surface area (Å²) in [4.78, 5) is 6.86. The van der Waals surface area contributed by atoms with Crippen LogP contribution in [0.3, 0.4) is 0 Å². The Kier molecular flexibility index (Phi) is 2.76. The minimum absolute atomic E-state index is 0.493. The van der Waals surface area contributed by atoms with Gasteiger partial charge in [0.1, 0.15) is 0 Å². The smallest absolute Gasteiger partial charge is 0.0859 e. The second-order valence-corrected chi connectivity index (χ2v) is 4.28. The molecule has 0 saturated heterocycles. The Labute approximate surface area is 75.7 Å². The van der Waals surface area contributed by atoms with Gasteiger partial charge in [0.25, 0.3) is 0 Å². The van der Waals surface area contributed by atoms with Crippen LogP contribution in [0.5, 0.6) is 0 Å². The molecule has 1 aliphatic rings. The lowest BCUT2D eigenvalue weighted by molar-refractivity contribution is 0.255. The highest BCUT2D eigenvalue weighted by Gasteiger charge is 2.29. The first kappa shape index (κ1) is 9.56. The number of rotatable bonds is 2. The van der Waals surface area contributed by atoms with Crippen LogP contribution in [0.15, 0.2) is 4.99 Å². The molecule has 0 bridgehead atoms. The van der Waals surface area contributed by atoms with Gasteiger partial charge in [-0.2, -0.15) is 0 Å². The largest absolute Gasteiger partial charge is 0.356 e. The van der Waals surface area contributed by atoms with Crippen LogP contribution in [0.1, 0.15) is 34.6 Å². The van der Waals surface area contributed by atoms with Crippen molar-refractivity contribution in [3.63, 3.8) is 0 Å². The van der Waals surface area contributed by atoms with Crippen LogP contribution < -0.4 is 0 Å². The second-order valence-electron chi connectivity index (χ2n) is 4.28. The quantitative estimate of drug-likeness (QED) is 0.617. The van der Waals surface area contributed by atoms with Gasteiger partial charge < -0.3 is 4.90 Å². The van der Waals surface area contributed by atoms with E-state index in [1.54, 1.807) is 0 Å². The average molecular weight is 168 g/mol. The van der Waals surface area contributed by atoms with Gasteiger partial charge in [-0.25, -0.2) is 0 Å². The normalized spacial score (nSPS) is 29.4. The summed E-state index contributed by atoms with van der Waals surface area (Å²) in [7, 11) is 0. The molecule has 0 aliphatic carbocycles. The van der Waals surface area contributed by atoms with Gasteiger partial charge in [0.2, 0.25) is 0 Å². The van der Waals surface area contributed by atoms with E-state index < -0.39 is 0 Å². The van der Waals surface area contributed by atoms with E-state index in [0.717, 1.165) is 0 Å². The first-order valence-corrected chi connectivity index (χ1v) is 4.84. The Morgan fingerprint density at radius 1 is 1.25 bits per heavy atom. The van der Waals surface area contributed by atoms with Gasteiger partial charge in [-0.05, 0) is 26.7 Å². The molecule has 2 unspecified atom stereocenters. The van der Waals surface area contributed by atoms with Gasteiger partial charge in [0, 0.05) is 12.1 Å². The Hall–Kier alpha value is -0.530. The zero-order chi connectivity index (χ0) is 9.30. The Morgan fingerprint density at radius 2 is 1.83 bits per heavy atom. The fourth-order valence-corrected chi connectivity index (χ4v) is 1.89. The number of nitrogens with zero attached hydrogens (tertiary/aromatic N) is 2. The molecule has 2 heteroatoms. The molecule has 0 amide bonds. The Morgan fingerprint density at radius 3 is 2.08 bits per heavy atom. The fourth-order valence-electron chi connectivity index (χ4n) is 1.89. The molecule has 2 atom stereocenters. The van der Waals surface area contributed by atoms with E-state index in [4.69, 9.17) is 0 Å². The fraction of sp³-hybridized carbons (Fsp3) is 0.900. The van der Waals surface area contributed by atoms with Gasteiger partial charge in [-0.1, -0.05) is 13.8 Å². The number of aliphatic imine (C=N–C) groups is 1. The molecule has 0 aromatic rings. The SMILES string of the molecule is CC(C)C1N=CN(C(C)C)C1C. The molecule has 0 saturated carbocycles. The maximum Gasteiger partial charge on any atom is 0.0859 e. The van der Waals surface area contributed by atoms with Crippen LogP contribution in [0.4, 0.5) is 0 Å². The van der Waals surface area contributed by atoms with Gasteiger partial charge in [0.05, 0.1) is 12.4 Å². The van der Waals surface area contributed by atoms with Crippen molar-refractivity contribution >= 4 is 6.34 Å². The third kappa shape index (κ3) is 1.62. The van der Waals surface area contributed by atoms with Crippen molar-refractivity contribution in [1.82, 2.24) is 4.90 Å². The summed E-state index contributed by atoms with van der Waals surface area (Å²) in [6.45, 7) is 11.2. The molecule has 70 valence electrons. The second kappa shape index (κ2) is 3.46. The molecule has 0 aromatic carbocycles. The average Bonchev–Trinajstić information content (AvgIpc) is 2.30. The summed E-state index contributed by atoms with van der Waals surface area (Å²) < 4.78 is 0. The van der Waals surface area contributed by atoms with Crippen LogP contribution in [0.25, 0.3) is 0 Å². The molecule has 12 heavy (non-hydrogen) atoms. The monoisotopic (exact) mass is 168 g/mol. The van der Waals surface area contributed by atoms with E-state index in [1.165, 1.54) is 0 Å². The van der Waals surface area contributed by atoms with Crippen LogP contribution in [-0.2, 0) is 0 Å². The standard InChI is InChI=1S/C10H20N2/c1-7(2)10-9(5)12(6-11-10)8(3)4/h6-10H,1-5H3. The van der Waals surface area contributed by atoms with Gasteiger partial charge in [-0.15, -0.1) is 0 Å². The molecule has 2 nitrogen and oxygen atoms in total. The summed E-state index contributed by atoms with van der Waals surface area (Å²) >= 11 is 0. The number of hydrogen-bond acceptors (Lipinski definition) is 2. The van der Waals surface area contributed by atoms with Crippen LogP contribution in [0, 0.1) is 5.92 Å². The lowest BCUT2D eigenvalue weighted by Gasteiger charge is -2.29. The molecule has 0 N–H and O–H groups in total. The van der Waals surface area contributed by atoms with E-state index in [2.05, 4.69) is 44.5 Å². The van der Waals surface area contributed by atoms with Gasteiger partial charge in [0.15, 0.2) is 0 Å². The highest BCUT2D eigenvalue weighted by molar-refractivity contribution is 5.59. The van der Waals surface area contributed by atoms with Crippen molar-refractivity contribution in [3.8, 4) is 0 Å². The van der Waals surface area contributed by atoms with Crippen molar-refractivity contribution in [1.29, 1.82) is 0 Å². The summed E-state index contributed by atoms with van der Waals surface area (Å²) in [5.41, 5.74) is 0. The molecule has 1 rings (SSSR count). The molecular weight excluding hydrogens is 148 g/mol. The minimum Gasteiger partial charge on any atom is -0.356 e. The topological polar surface area (TPSA) is 15.6 Å². The van der Waals surface area contributed by atoms with E-state index >= 15 is 0 Å². The molecule has 0 spiro atoms. The number of hydrogen-bond donors (Lipinski definition) is 0. The molecular formula is C10H20N2. The molecule has 1 aliphatic heterocycles. The summed E-state index contributed by atoms with van der Waals surface area (Å²) in [6.07, 6.45) is 2.01. The highest BCUT2D eigenvalue weighted by Crippen LogP contribution is 2.21. The van der Waals surface area contributed by atoms with Gasteiger partial charge >= 0.3 is 0 Å². The maximum absolute atomic E-state index is 4.52. The van der Waals surface area contributed by atoms with E-state index in [-0.39, 0.29) is 0 Å². The van der Waals surface area contributed by atoms with Crippen molar-refractivity contribution in [2.45, 2.75) is 52.7 Å². The molecule has 0 aromatic heterocycles. The lowest BCUT2D eigenvalue weighted by Crippen LogP contribution is -2.40. The molecule has 1 heterocycles. The maximum atomic E-state index is 4.52.